The van der Waals surface area contributed by atoms with E-state index in [1.807, 2.05) is 26.0 Å². The number of amides is 1. The summed E-state index contributed by atoms with van der Waals surface area (Å²) in [6.45, 7) is 9.76. The van der Waals surface area contributed by atoms with E-state index in [0.29, 0.717) is 26.3 Å². The van der Waals surface area contributed by atoms with Crippen molar-refractivity contribution in [2.75, 3.05) is 51.3 Å². The van der Waals surface area contributed by atoms with Gasteiger partial charge in [0.05, 0.1) is 12.7 Å². The molecule has 9 heteroatoms. The van der Waals surface area contributed by atoms with E-state index in [9.17, 15) is 4.79 Å². The van der Waals surface area contributed by atoms with Crippen molar-refractivity contribution in [3.8, 4) is 0 Å². The second-order valence-electron chi connectivity index (χ2n) is 7.27. The summed E-state index contributed by atoms with van der Waals surface area (Å²) in [5.74, 6) is -0.251. The highest BCUT2D eigenvalue weighted by molar-refractivity contribution is 5.91. The van der Waals surface area contributed by atoms with Gasteiger partial charge in [0.25, 0.3) is 5.91 Å². The van der Waals surface area contributed by atoms with Crippen LogP contribution in [0.15, 0.2) is 30.5 Å². The van der Waals surface area contributed by atoms with Crippen LogP contribution in [0.1, 0.15) is 29.9 Å². The van der Waals surface area contributed by atoms with Gasteiger partial charge < -0.3 is 24.6 Å². The minimum atomic E-state index is -0.409. The van der Waals surface area contributed by atoms with E-state index in [2.05, 4.69) is 44.6 Å². The third-order valence-corrected chi connectivity index (χ3v) is 5.09. The molecule has 0 atom stereocenters. The number of carbonyl (C=O) groups excluding carboxylic acids is 1. The maximum atomic E-state index is 12.6. The number of hydrogen-bond donors (Lipinski definition) is 1. The van der Waals surface area contributed by atoms with E-state index in [1.54, 1.807) is 10.9 Å². The SMILES string of the molecule is CCOC(Cn1cc(C(=O)NCc2ccccc2N2CCN(C)CC2)nn1)OCC. The van der Waals surface area contributed by atoms with E-state index in [4.69, 9.17) is 9.47 Å². The lowest BCUT2D eigenvalue weighted by molar-refractivity contribution is -0.145. The zero-order valence-corrected chi connectivity index (χ0v) is 18.1. The molecule has 0 saturated carbocycles. The van der Waals surface area contributed by atoms with Gasteiger partial charge in [0, 0.05) is 51.6 Å². The van der Waals surface area contributed by atoms with Crippen molar-refractivity contribution in [3.63, 3.8) is 0 Å². The smallest absolute Gasteiger partial charge is 0.273 e. The Bertz CT molecular complexity index is 798. The van der Waals surface area contributed by atoms with Gasteiger partial charge in [0.1, 0.15) is 0 Å². The van der Waals surface area contributed by atoms with Crippen LogP contribution in [0.3, 0.4) is 0 Å². The highest BCUT2D eigenvalue weighted by atomic mass is 16.7. The molecule has 1 N–H and O–H groups in total. The summed E-state index contributed by atoms with van der Waals surface area (Å²) in [7, 11) is 2.14. The Morgan fingerprint density at radius 1 is 1.13 bits per heavy atom. The lowest BCUT2D eigenvalue weighted by Gasteiger charge is -2.35. The van der Waals surface area contributed by atoms with Crippen molar-refractivity contribution in [3.05, 3.63) is 41.7 Å². The van der Waals surface area contributed by atoms with E-state index in [1.165, 1.54) is 5.69 Å². The second-order valence-corrected chi connectivity index (χ2v) is 7.27. The van der Waals surface area contributed by atoms with Gasteiger partial charge in [0.15, 0.2) is 12.0 Å². The molecule has 1 aromatic carbocycles. The molecule has 2 aromatic rings. The molecule has 1 fully saturated rings. The second kappa shape index (κ2) is 11.1. The third kappa shape index (κ3) is 6.01. The molecular formula is C21H32N6O3. The third-order valence-electron chi connectivity index (χ3n) is 5.09. The molecule has 1 amide bonds. The zero-order chi connectivity index (χ0) is 21.3. The van der Waals surface area contributed by atoms with Crippen LogP contribution in [0.2, 0.25) is 0 Å². The quantitative estimate of drug-likeness (QED) is 0.586. The van der Waals surface area contributed by atoms with Crippen LogP contribution in [0.4, 0.5) is 5.69 Å². The molecule has 0 aliphatic carbocycles. The lowest BCUT2D eigenvalue weighted by atomic mass is 10.1. The van der Waals surface area contributed by atoms with Crippen LogP contribution < -0.4 is 10.2 Å². The number of para-hydroxylation sites is 1. The summed E-state index contributed by atoms with van der Waals surface area (Å²) in [5.41, 5.74) is 2.54. The first-order valence-electron chi connectivity index (χ1n) is 10.5. The summed E-state index contributed by atoms with van der Waals surface area (Å²) in [6.07, 6.45) is 1.21. The first kappa shape index (κ1) is 22.2. The van der Waals surface area contributed by atoms with Gasteiger partial charge in [0.2, 0.25) is 0 Å². The van der Waals surface area contributed by atoms with Crippen molar-refractivity contribution in [1.82, 2.24) is 25.2 Å². The fourth-order valence-electron chi connectivity index (χ4n) is 3.45. The fourth-order valence-corrected chi connectivity index (χ4v) is 3.45. The average molecular weight is 417 g/mol. The number of carbonyl (C=O) groups is 1. The van der Waals surface area contributed by atoms with Gasteiger partial charge in [-0.3, -0.25) is 4.79 Å². The van der Waals surface area contributed by atoms with Gasteiger partial charge in [-0.1, -0.05) is 23.4 Å². The number of benzene rings is 1. The molecule has 164 valence electrons. The molecule has 1 saturated heterocycles. The maximum Gasteiger partial charge on any atom is 0.273 e. The van der Waals surface area contributed by atoms with Gasteiger partial charge in [-0.05, 0) is 32.5 Å². The molecule has 0 unspecified atom stereocenters. The highest BCUT2D eigenvalue weighted by Crippen LogP contribution is 2.21. The van der Waals surface area contributed by atoms with Gasteiger partial charge in [-0.15, -0.1) is 5.10 Å². The maximum absolute atomic E-state index is 12.6. The van der Waals surface area contributed by atoms with Crippen LogP contribution in [0.25, 0.3) is 0 Å². The molecular weight excluding hydrogens is 384 g/mol. The lowest BCUT2D eigenvalue weighted by Crippen LogP contribution is -2.45. The Hall–Kier alpha value is -2.49. The monoisotopic (exact) mass is 416 g/mol. The van der Waals surface area contributed by atoms with E-state index >= 15 is 0 Å². The van der Waals surface area contributed by atoms with E-state index in [-0.39, 0.29) is 11.6 Å². The number of anilines is 1. The molecule has 1 aliphatic rings. The first-order valence-corrected chi connectivity index (χ1v) is 10.5. The minimum absolute atomic E-state index is 0.251. The molecule has 9 nitrogen and oxygen atoms in total. The summed E-state index contributed by atoms with van der Waals surface area (Å²) in [5, 5.41) is 11.0. The number of nitrogens with zero attached hydrogens (tertiary/aromatic N) is 5. The number of nitrogens with one attached hydrogen (secondary N) is 1. The molecule has 2 heterocycles. The topological polar surface area (TPSA) is 84.8 Å². The predicted octanol–water partition coefficient (Wildman–Crippen LogP) is 1.36. The molecule has 1 aromatic heterocycles. The Labute approximate surface area is 177 Å². The number of ether oxygens (including phenoxy) is 2. The Morgan fingerprint density at radius 2 is 1.83 bits per heavy atom. The van der Waals surface area contributed by atoms with Crippen molar-refractivity contribution in [2.45, 2.75) is 33.2 Å². The number of rotatable bonds is 10. The number of aromatic nitrogens is 3. The van der Waals surface area contributed by atoms with Crippen LogP contribution in [-0.4, -0.2) is 78.5 Å². The summed E-state index contributed by atoms with van der Waals surface area (Å²) < 4.78 is 12.6. The Kier molecular flexibility index (Phi) is 8.18. The average Bonchev–Trinajstić information content (AvgIpc) is 3.22. The number of likely N-dealkylation sites (N-methyl/N-ethyl adjacent to an activating group) is 1. The van der Waals surface area contributed by atoms with Crippen molar-refractivity contribution < 1.29 is 14.3 Å². The zero-order valence-electron chi connectivity index (χ0n) is 18.1. The normalized spacial score (nSPS) is 15.0. The largest absolute Gasteiger partial charge is 0.369 e. The van der Waals surface area contributed by atoms with Gasteiger partial charge >= 0.3 is 0 Å². The van der Waals surface area contributed by atoms with Gasteiger partial charge in [-0.25, -0.2) is 4.68 Å². The van der Waals surface area contributed by atoms with Crippen molar-refractivity contribution in [1.29, 1.82) is 0 Å². The molecule has 0 spiro atoms. The van der Waals surface area contributed by atoms with E-state index in [0.717, 1.165) is 31.7 Å². The van der Waals surface area contributed by atoms with Gasteiger partial charge in [-0.2, -0.15) is 0 Å². The van der Waals surface area contributed by atoms with Crippen LogP contribution in [-0.2, 0) is 22.6 Å². The highest BCUT2D eigenvalue weighted by Gasteiger charge is 2.18. The minimum Gasteiger partial charge on any atom is -0.369 e. The molecule has 1 aliphatic heterocycles. The predicted molar refractivity (Wildman–Crippen MR) is 114 cm³/mol. The Balaban J connectivity index is 1.58. The van der Waals surface area contributed by atoms with E-state index < -0.39 is 6.29 Å². The number of piperazine rings is 1. The molecule has 0 bridgehead atoms. The van der Waals surface area contributed by atoms with Crippen LogP contribution in [0, 0.1) is 0 Å². The molecule has 0 radical (unpaired) electrons. The summed E-state index contributed by atoms with van der Waals surface area (Å²) >= 11 is 0. The standard InChI is InChI=1S/C21H32N6O3/c1-4-29-20(30-5-2)16-27-15-18(23-24-27)21(28)22-14-17-8-6-7-9-19(17)26-12-10-25(3)11-13-26/h6-9,15,20H,4-5,10-14,16H2,1-3H3,(H,22,28). The molecule has 3 rings (SSSR count). The summed E-state index contributed by atoms with van der Waals surface area (Å²) in [6, 6.07) is 8.21. The van der Waals surface area contributed by atoms with Crippen molar-refractivity contribution in [2.24, 2.45) is 0 Å². The molecule has 30 heavy (non-hydrogen) atoms. The van der Waals surface area contributed by atoms with Crippen molar-refractivity contribution >= 4 is 11.6 Å². The van der Waals surface area contributed by atoms with Crippen LogP contribution in [0.5, 0.6) is 0 Å². The number of hydrogen-bond acceptors (Lipinski definition) is 7. The fraction of sp³-hybridized carbons (Fsp3) is 0.571. The first-order chi connectivity index (χ1) is 14.6. The van der Waals surface area contributed by atoms with Crippen LogP contribution >= 0.6 is 0 Å². The Morgan fingerprint density at radius 3 is 2.53 bits per heavy atom. The summed E-state index contributed by atoms with van der Waals surface area (Å²) in [4.78, 5) is 17.3.